The van der Waals surface area contributed by atoms with Crippen LogP contribution in [0.3, 0.4) is 0 Å². The van der Waals surface area contributed by atoms with Gasteiger partial charge in [0.2, 0.25) is 5.91 Å². The molecule has 1 N–H and O–H groups in total. The van der Waals surface area contributed by atoms with E-state index in [4.69, 9.17) is 4.74 Å². The van der Waals surface area contributed by atoms with Gasteiger partial charge in [0.1, 0.15) is 5.75 Å². The molecule has 0 saturated carbocycles. The van der Waals surface area contributed by atoms with E-state index in [1.54, 1.807) is 7.11 Å². The summed E-state index contributed by atoms with van der Waals surface area (Å²) in [5.41, 5.74) is 6.76. The number of hydrogen-bond acceptors (Lipinski definition) is 4. The first-order valence-electron chi connectivity index (χ1n) is 12.0. The minimum absolute atomic E-state index is 0.0264. The molecule has 35 heavy (non-hydrogen) atoms. The summed E-state index contributed by atoms with van der Waals surface area (Å²) >= 11 is 0. The number of carbonyl (C=O) groups excluding carboxylic acids is 2. The Hall–Kier alpha value is -3.58. The Balaban J connectivity index is 1.37. The van der Waals surface area contributed by atoms with Crippen molar-refractivity contribution in [3.8, 4) is 11.4 Å². The lowest BCUT2D eigenvalue weighted by atomic mass is 10.1. The van der Waals surface area contributed by atoms with Gasteiger partial charge in [0, 0.05) is 48.9 Å². The summed E-state index contributed by atoms with van der Waals surface area (Å²) in [7, 11) is 1.65. The van der Waals surface area contributed by atoms with Crippen LogP contribution in [-0.2, 0) is 4.79 Å². The maximum absolute atomic E-state index is 13.4. The average Bonchev–Trinajstić information content (AvgIpc) is 3.15. The molecule has 184 valence electrons. The summed E-state index contributed by atoms with van der Waals surface area (Å²) in [6, 6.07) is 15.7. The molecule has 2 amide bonds. The highest BCUT2D eigenvalue weighted by molar-refractivity contribution is 5.96. The Kier molecular flexibility index (Phi) is 7.26. The van der Waals surface area contributed by atoms with E-state index in [-0.39, 0.29) is 11.8 Å². The number of nitrogens with zero attached hydrogens (tertiary/aromatic N) is 3. The molecule has 0 radical (unpaired) electrons. The highest BCUT2D eigenvalue weighted by Gasteiger charge is 2.26. The molecule has 3 aromatic rings. The summed E-state index contributed by atoms with van der Waals surface area (Å²) in [4.78, 5) is 29.9. The highest BCUT2D eigenvalue weighted by Crippen LogP contribution is 2.24. The SMILES string of the molecule is COc1ccc(-n2c(C)cc(C(=O)N3CCN(CC(=O)Nc4cccc(C)c4C)CC3)c2C)cc1. The minimum atomic E-state index is -0.0264. The molecule has 1 aromatic heterocycles. The lowest BCUT2D eigenvalue weighted by Crippen LogP contribution is -2.50. The van der Waals surface area contributed by atoms with Gasteiger partial charge in [0.05, 0.1) is 19.2 Å². The fraction of sp³-hybridized carbons (Fsp3) is 0.357. The maximum Gasteiger partial charge on any atom is 0.255 e. The van der Waals surface area contributed by atoms with E-state index in [2.05, 4.69) is 14.8 Å². The Morgan fingerprint density at radius 2 is 1.63 bits per heavy atom. The minimum Gasteiger partial charge on any atom is -0.497 e. The van der Waals surface area contributed by atoms with Crippen LogP contribution < -0.4 is 10.1 Å². The van der Waals surface area contributed by atoms with Crippen molar-refractivity contribution in [1.82, 2.24) is 14.4 Å². The Morgan fingerprint density at radius 3 is 2.29 bits per heavy atom. The summed E-state index contributed by atoms with van der Waals surface area (Å²) in [5.74, 6) is 0.812. The molecule has 4 rings (SSSR count). The first kappa shape index (κ1) is 24.5. The molecule has 2 heterocycles. The van der Waals surface area contributed by atoms with Crippen molar-refractivity contribution in [3.05, 3.63) is 76.6 Å². The molecular formula is C28H34N4O3. The molecular weight excluding hydrogens is 440 g/mol. The number of carbonyl (C=O) groups is 2. The van der Waals surface area contributed by atoms with Crippen molar-refractivity contribution in [1.29, 1.82) is 0 Å². The number of nitrogens with one attached hydrogen (secondary N) is 1. The molecule has 0 bridgehead atoms. The third-order valence-electron chi connectivity index (χ3n) is 6.90. The smallest absolute Gasteiger partial charge is 0.255 e. The summed E-state index contributed by atoms with van der Waals surface area (Å²) in [6.07, 6.45) is 0. The fourth-order valence-corrected chi connectivity index (χ4v) is 4.67. The zero-order chi connectivity index (χ0) is 25.1. The Morgan fingerprint density at radius 1 is 0.943 bits per heavy atom. The number of aryl methyl sites for hydroxylation is 2. The number of hydrogen-bond donors (Lipinski definition) is 1. The highest BCUT2D eigenvalue weighted by atomic mass is 16.5. The predicted molar refractivity (Wildman–Crippen MR) is 139 cm³/mol. The molecule has 0 spiro atoms. The lowest BCUT2D eigenvalue weighted by molar-refractivity contribution is -0.117. The Bertz CT molecular complexity index is 1220. The van der Waals surface area contributed by atoms with Crippen LogP contribution in [0.15, 0.2) is 48.5 Å². The monoisotopic (exact) mass is 474 g/mol. The molecule has 2 aromatic carbocycles. The number of piperazine rings is 1. The van der Waals surface area contributed by atoms with Crippen molar-refractivity contribution in [2.24, 2.45) is 0 Å². The number of methoxy groups -OCH3 is 1. The van der Waals surface area contributed by atoms with Crippen LogP contribution in [0.25, 0.3) is 5.69 Å². The molecule has 1 fully saturated rings. The van der Waals surface area contributed by atoms with E-state index >= 15 is 0 Å². The van der Waals surface area contributed by atoms with Gasteiger partial charge in [0.25, 0.3) is 5.91 Å². The van der Waals surface area contributed by atoms with E-state index in [1.807, 2.05) is 81.1 Å². The van der Waals surface area contributed by atoms with Gasteiger partial charge in [-0.3, -0.25) is 14.5 Å². The number of aromatic nitrogens is 1. The second kappa shape index (κ2) is 10.4. The van der Waals surface area contributed by atoms with Crippen LogP contribution in [0.2, 0.25) is 0 Å². The standard InChI is InChI=1S/C28H34N4O3/c1-19-7-6-8-26(21(19)3)29-27(33)18-30-13-15-31(16-14-30)28(34)25-17-20(2)32(22(25)4)23-9-11-24(35-5)12-10-23/h6-12,17H,13-16,18H2,1-5H3,(H,29,33). The summed E-state index contributed by atoms with van der Waals surface area (Å²) < 4.78 is 7.36. The van der Waals surface area contributed by atoms with Crippen LogP contribution in [0, 0.1) is 27.7 Å². The molecule has 0 atom stereocenters. The van der Waals surface area contributed by atoms with Crippen LogP contribution in [0.5, 0.6) is 5.75 Å². The van der Waals surface area contributed by atoms with E-state index in [0.29, 0.717) is 32.7 Å². The number of rotatable bonds is 6. The third kappa shape index (κ3) is 5.25. The van der Waals surface area contributed by atoms with Crippen molar-refractivity contribution in [2.45, 2.75) is 27.7 Å². The summed E-state index contributed by atoms with van der Waals surface area (Å²) in [6.45, 7) is 10.9. The first-order valence-corrected chi connectivity index (χ1v) is 12.0. The van der Waals surface area contributed by atoms with Gasteiger partial charge in [-0.05, 0) is 75.2 Å². The largest absolute Gasteiger partial charge is 0.497 e. The van der Waals surface area contributed by atoms with E-state index in [9.17, 15) is 9.59 Å². The first-order chi connectivity index (χ1) is 16.8. The second-order valence-electron chi connectivity index (χ2n) is 9.18. The summed E-state index contributed by atoms with van der Waals surface area (Å²) in [5, 5.41) is 3.03. The van der Waals surface area contributed by atoms with Crippen LogP contribution in [0.4, 0.5) is 5.69 Å². The van der Waals surface area contributed by atoms with Gasteiger partial charge in [-0.1, -0.05) is 12.1 Å². The number of amides is 2. The topological polar surface area (TPSA) is 66.8 Å². The second-order valence-corrected chi connectivity index (χ2v) is 9.18. The molecule has 1 saturated heterocycles. The van der Waals surface area contributed by atoms with Gasteiger partial charge in [0.15, 0.2) is 0 Å². The Labute approximate surface area is 207 Å². The normalized spacial score (nSPS) is 14.1. The van der Waals surface area contributed by atoms with E-state index < -0.39 is 0 Å². The van der Waals surface area contributed by atoms with Gasteiger partial charge in [-0.2, -0.15) is 0 Å². The number of benzene rings is 2. The van der Waals surface area contributed by atoms with Crippen molar-refractivity contribution in [2.75, 3.05) is 45.2 Å². The van der Waals surface area contributed by atoms with E-state index in [0.717, 1.165) is 45.2 Å². The maximum atomic E-state index is 13.4. The van der Waals surface area contributed by atoms with Crippen molar-refractivity contribution >= 4 is 17.5 Å². The number of anilines is 1. The van der Waals surface area contributed by atoms with Crippen molar-refractivity contribution < 1.29 is 14.3 Å². The zero-order valence-corrected chi connectivity index (χ0v) is 21.2. The average molecular weight is 475 g/mol. The van der Waals surface area contributed by atoms with Crippen LogP contribution in [-0.4, -0.2) is 66.0 Å². The third-order valence-corrected chi connectivity index (χ3v) is 6.90. The van der Waals surface area contributed by atoms with Crippen molar-refractivity contribution in [3.63, 3.8) is 0 Å². The molecule has 7 heteroatoms. The van der Waals surface area contributed by atoms with Crippen LogP contribution in [0.1, 0.15) is 32.9 Å². The molecule has 0 unspecified atom stereocenters. The predicted octanol–water partition coefficient (Wildman–Crippen LogP) is 4.12. The molecule has 1 aliphatic heterocycles. The lowest BCUT2D eigenvalue weighted by Gasteiger charge is -2.34. The fourth-order valence-electron chi connectivity index (χ4n) is 4.67. The quantitative estimate of drug-likeness (QED) is 0.584. The van der Waals surface area contributed by atoms with Gasteiger partial charge >= 0.3 is 0 Å². The zero-order valence-electron chi connectivity index (χ0n) is 21.2. The van der Waals surface area contributed by atoms with E-state index in [1.165, 1.54) is 0 Å². The van der Waals surface area contributed by atoms with Crippen LogP contribution >= 0.6 is 0 Å². The van der Waals surface area contributed by atoms with Gasteiger partial charge in [-0.15, -0.1) is 0 Å². The van der Waals surface area contributed by atoms with Gasteiger partial charge in [-0.25, -0.2) is 0 Å². The molecule has 7 nitrogen and oxygen atoms in total. The molecule has 0 aliphatic carbocycles. The number of ether oxygens (including phenoxy) is 1. The molecule has 1 aliphatic rings. The van der Waals surface area contributed by atoms with Gasteiger partial charge < -0.3 is 19.5 Å².